The third-order valence-corrected chi connectivity index (χ3v) is 5.18. The van der Waals surface area contributed by atoms with Crippen molar-refractivity contribution < 1.29 is 23.9 Å². The second-order valence-electron chi connectivity index (χ2n) is 9.45. The molecule has 1 fully saturated rings. The number of ketones is 1. The molecule has 2 rings (SSSR count). The third kappa shape index (κ3) is 7.89. The minimum absolute atomic E-state index is 0.0119. The molecular formula is C24H36N2O5. The number of hydrogen-bond acceptors (Lipinski definition) is 5. The van der Waals surface area contributed by atoms with Crippen LogP contribution >= 0.6 is 0 Å². The standard InChI is InChI=1S/C24H36N2O5/c1-17(2)26(23(29)31-24(4,5)6)15-19-9-8-12-25(14-19)22(28)16-30-21-11-7-10-20(13-21)18(3)27/h7,10-11,13,17,19H,8-9,12,14-16H2,1-6H3. The van der Waals surface area contributed by atoms with Gasteiger partial charge in [-0.25, -0.2) is 4.79 Å². The Kier molecular flexibility index (Phi) is 8.48. The number of rotatable bonds is 7. The first-order valence-electron chi connectivity index (χ1n) is 11.0. The molecule has 1 saturated heterocycles. The van der Waals surface area contributed by atoms with Gasteiger partial charge in [0.25, 0.3) is 5.91 Å². The fourth-order valence-electron chi connectivity index (χ4n) is 3.58. The van der Waals surface area contributed by atoms with E-state index in [0.717, 1.165) is 12.8 Å². The zero-order chi connectivity index (χ0) is 23.2. The predicted octanol–water partition coefficient (Wildman–Crippen LogP) is 4.15. The lowest BCUT2D eigenvalue weighted by molar-refractivity contribution is -0.135. The summed E-state index contributed by atoms with van der Waals surface area (Å²) in [7, 11) is 0. The first kappa shape index (κ1) is 24.7. The fourth-order valence-corrected chi connectivity index (χ4v) is 3.58. The molecule has 1 atom stereocenters. The number of nitrogens with zero attached hydrogens (tertiary/aromatic N) is 2. The van der Waals surface area contributed by atoms with Gasteiger partial charge in [-0.1, -0.05) is 12.1 Å². The Hall–Kier alpha value is -2.57. The predicted molar refractivity (Wildman–Crippen MR) is 119 cm³/mol. The van der Waals surface area contributed by atoms with E-state index >= 15 is 0 Å². The Bertz CT molecular complexity index is 784. The van der Waals surface area contributed by atoms with Crippen LogP contribution in [0.5, 0.6) is 5.75 Å². The van der Waals surface area contributed by atoms with Crippen LogP contribution in [0.15, 0.2) is 24.3 Å². The molecule has 0 radical (unpaired) electrons. The monoisotopic (exact) mass is 432 g/mol. The number of amides is 2. The summed E-state index contributed by atoms with van der Waals surface area (Å²) in [6.07, 6.45) is 1.52. The summed E-state index contributed by atoms with van der Waals surface area (Å²) in [5.41, 5.74) is 0.00873. The molecule has 7 heteroatoms. The summed E-state index contributed by atoms with van der Waals surface area (Å²) in [6, 6.07) is 6.86. The van der Waals surface area contributed by atoms with E-state index in [1.807, 2.05) is 34.6 Å². The molecule has 1 heterocycles. The van der Waals surface area contributed by atoms with Gasteiger partial charge in [0.05, 0.1) is 0 Å². The number of Topliss-reactive ketones (excluding diaryl/α,β-unsaturated/α-hetero) is 1. The summed E-state index contributed by atoms with van der Waals surface area (Å²) >= 11 is 0. The van der Waals surface area contributed by atoms with Crippen LogP contribution in [0.2, 0.25) is 0 Å². The maximum Gasteiger partial charge on any atom is 0.410 e. The van der Waals surface area contributed by atoms with Gasteiger partial charge in [-0.05, 0) is 72.4 Å². The van der Waals surface area contributed by atoms with Crippen LogP contribution in [0.3, 0.4) is 0 Å². The molecule has 0 N–H and O–H groups in total. The molecule has 31 heavy (non-hydrogen) atoms. The van der Waals surface area contributed by atoms with E-state index in [2.05, 4.69) is 0 Å². The Balaban J connectivity index is 1.93. The zero-order valence-electron chi connectivity index (χ0n) is 19.6. The summed E-state index contributed by atoms with van der Waals surface area (Å²) in [4.78, 5) is 40.4. The lowest BCUT2D eigenvalue weighted by Crippen LogP contribution is -2.48. The number of carbonyl (C=O) groups excluding carboxylic acids is 3. The summed E-state index contributed by atoms with van der Waals surface area (Å²) in [5.74, 6) is 0.556. The van der Waals surface area contributed by atoms with Crippen molar-refractivity contribution in [2.24, 2.45) is 5.92 Å². The average Bonchev–Trinajstić information content (AvgIpc) is 2.69. The van der Waals surface area contributed by atoms with Gasteiger partial charge in [-0.15, -0.1) is 0 Å². The van der Waals surface area contributed by atoms with E-state index in [9.17, 15) is 14.4 Å². The van der Waals surface area contributed by atoms with Gasteiger partial charge in [0, 0.05) is 31.2 Å². The highest BCUT2D eigenvalue weighted by Gasteiger charge is 2.30. The smallest absolute Gasteiger partial charge is 0.410 e. The Labute approximate surface area is 185 Å². The number of hydrogen-bond donors (Lipinski definition) is 0. The highest BCUT2D eigenvalue weighted by Crippen LogP contribution is 2.21. The van der Waals surface area contributed by atoms with Crippen molar-refractivity contribution in [3.8, 4) is 5.75 Å². The van der Waals surface area contributed by atoms with Crippen molar-refractivity contribution in [2.45, 2.75) is 66.0 Å². The molecule has 1 unspecified atom stereocenters. The quantitative estimate of drug-likeness (QED) is 0.605. The van der Waals surface area contributed by atoms with Crippen LogP contribution in [-0.2, 0) is 9.53 Å². The third-order valence-electron chi connectivity index (χ3n) is 5.18. The van der Waals surface area contributed by atoms with Gasteiger partial charge in [-0.3, -0.25) is 9.59 Å². The van der Waals surface area contributed by atoms with Crippen LogP contribution in [0.25, 0.3) is 0 Å². The van der Waals surface area contributed by atoms with Crippen molar-refractivity contribution >= 4 is 17.8 Å². The van der Waals surface area contributed by atoms with Gasteiger partial charge in [0.15, 0.2) is 12.4 Å². The highest BCUT2D eigenvalue weighted by molar-refractivity contribution is 5.94. The maximum absolute atomic E-state index is 12.7. The van der Waals surface area contributed by atoms with Crippen LogP contribution < -0.4 is 4.74 Å². The van der Waals surface area contributed by atoms with Gasteiger partial charge in [0.2, 0.25) is 0 Å². The molecule has 0 spiro atoms. The summed E-state index contributed by atoms with van der Waals surface area (Å²) in [5, 5.41) is 0. The minimum Gasteiger partial charge on any atom is -0.484 e. The summed E-state index contributed by atoms with van der Waals surface area (Å²) < 4.78 is 11.2. The van der Waals surface area contributed by atoms with Crippen molar-refractivity contribution in [1.82, 2.24) is 9.80 Å². The van der Waals surface area contributed by atoms with E-state index in [0.29, 0.717) is 30.9 Å². The molecule has 0 aliphatic carbocycles. The second-order valence-corrected chi connectivity index (χ2v) is 9.45. The van der Waals surface area contributed by atoms with Crippen molar-refractivity contribution in [1.29, 1.82) is 0 Å². The maximum atomic E-state index is 12.7. The van der Waals surface area contributed by atoms with Crippen LogP contribution in [0.4, 0.5) is 4.79 Å². The number of ether oxygens (including phenoxy) is 2. The largest absolute Gasteiger partial charge is 0.484 e. The molecule has 1 aliphatic rings. The van der Waals surface area contributed by atoms with E-state index in [1.54, 1.807) is 34.1 Å². The molecule has 2 amide bonds. The Morgan fingerprint density at radius 1 is 1.23 bits per heavy atom. The Morgan fingerprint density at radius 3 is 2.55 bits per heavy atom. The van der Waals surface area contributed by atoms with E-state index < -0.39 is 5.60 Å². The van der Waals surface area contributed by atoms with Crippen LogP contribution in [0, 0.1) is 5.92 Å². The number of likely N-dealkylation sites (tertiary alicyclic amines) is 1. The van der Waals surface area contributed by atoms with Crippen LogP contribution in [0.1, 0.15) is 64.7 Å². The van der Waals surface area contributed by atoms with E-state index in [1.165, 1.54) is 6.92 Å². The first-order valence-corrected chi connectivity index (χ1v) is 11.0. The van der Waals surface area contributed by atoms with Gasteiger partial charge >= 0.3 is 6.09 Å². The molecule has 1 aromatic carbocycles. The zero-order valence-corrected chi connectivity index (χ0v) is 19.6. The Morgan fingerprint density at radius 2 is 1.94 bits per heavy atom. The topological polar surface area (TPSA) is 76.2 Å². The summed E-state index contributed by atoms with van der Waals surface area (Å²) in [6.45, 7) is 12.8. The molecule has 0 saturated carbocycles. The molecular weight excluding hydrogens is 396 g/mol. The molecule has 1 aromatic rings. The normalized spacial score (nSPS) is 16.7. The minimum atomic E-state index is -0.546. The van der Waals surface area contributed by atoms with Crippen LogP contribution in [-0.4, -0.2) is 65.5 Å². The number of piperidine rings is 1. The molecule has 1 aliphatic heterocycles. The number of carbonyl (C=O) groups is 3. The lowest BCUT2D eigenvalue weighted by atomic mass is 9.97. The first-order chi connectivity index (χ1) is 14.5. The number of benzene rings is 1. The van der Waals surface area contributed by atoms with Crippen molar-refractivity contribution in [3.05, 3.63) is 29.8 Å². The van der Waals surface area contributed by atoms with Gasteiger partial charge < -0.3 is 19.3 Å². The SMILES string of the molecule is CC(=O)c1cccc(OCC(=O)N2CCCC(CN(C(=O)OC(C)(C)C)C(C)C)C2)c1. The van der Waals surface area contributed by atoms with Gasteiger partial charge in [0.1, 0.15) is 11.4 Å². The van der Waals surface area contributed by atoms with Crippen molar-refractivity contribution in [3.63, 3.8) is 0 Å². The van der Waals surface area contributed by atoms with E-state index in [4.69, 9.17) is 9.47 Å². The van der Waals surface area contributed by atoms with Gasteiger partial charge in [-0.2, -0.15) is 0 Å². The highest BCUT2D eigenvalue weighted by atomic mass is 16.6. The average molecular weight is 433 g/mol. The fraction of sp³-hybridized carbons (Fsp3) is 0.625. The molecule has 172 valence electrons. The van der Waals surface area contributed by atoms with Crippen molar-refractivity contribution in [2.75, 3.05) is 26.2 Å². The second kappa shape index (κ2) is 10.6. The lowest BCUT2D eigenvalue weighted by Gasteiger charge is -2.37. The molecule has 0 aromatic heterocycles. The van der Waals surface area contributed by atoms with E-state index in [-0.39, 0.29) is 36.4 Å². The molecule has 7 nitrogen and oxygen atoms in total. The molecule has 0 bridgehead atoms.